The lowest BCUT2D eigenvalue weighted by molar-refractivity contribution is 0.476. The van der Waals surface area contributed by atoms with Gasteiger partial charge < -0.3 is 5.32 Å². The van der Waals surface area contributed by atoms with Gasteiger partial charge >= 0.3 is 0 Å². The number of aryl methyl sites for hydroxylation is 3. The summed E-state index contributed by atoms with van der Waals surface area (Å²) in [6.07, 6.45) is 5.21. The SMILES string of the molecule is CCN[C@@H]1CCc2c(sc3ncn(CCc4cccc(F)c4)c(=O)c23)C1. The molecule has 1 aliphatic carbocycles. The molecule has 0 radical (unpaired) electrons. The second-order valence-corrected chi connectivity index (χ2v) is 7.89. The summed E-state index contributed by atoms with van der Waals surface area (Å²) in [4.78, 5) is 19.7. The first-order valence-electron chi connectivity index (χ1n) is 9.13. The van der Waals surface area contributed by atoms with Crippen molar-refractivity contribution in [1.82, 2.24) is 14.9 Å². The number of benzene rings is 1. The van der Waals surface area contributed by atoms with Crippen LogP contribution in [0.1, 0.15) is 29.3 Å². The number of rotatable bonds is 5. The van der Waals surface area contributed by atoms with E-state index >= 15 is 0 Å². The highest BCUT2D eigenvalue weighted by atomic mass is 32.1. The monoisotopic (exact) mass is 371 g/mol. The van der Waals surface area contributed by atoms with E-state index in [-0.39, 0.29) is 11.4 Å². The molecule has 0 unspecified atom stereocenters. The molecule has 0 aliphatic heterocycles. The van der Waals surface area contributed by atoms with Gasteiger partial charge in [0.2, 0.25) is 0 Å². The molecule has 0 amide bonds. The third-order valence-electron chi connectivity index (χ3n) is 5.06. The molecule has 1 aromatic carbocycles. The summed E-state index contributed by atoms with van der Waals surface area (Å²) in [5, 5.41) is 4.30. The molecular formula is C20H22FN3OS. The van der Waals surface area contributed by atoms with Crippen molar-refractivity contribution in [2.45, 2.75) is 45.2 Å². The molecule has 2 heterocycles. The molecule has 2 aromatic heterocycles. The number of hydrogen-bond acceptors (Lipinski definition) is 4. The summed E-state index contributed by atoms with van der Waals surface area (Å²) >= 11 is 1.65. The number of aromatic nitrogens is 2. The molecule has 0 fully saturated rings. The maximum Gasteiger partial charge on any atom is 0.262 e. The van der Waals surface area contributed by atoms with Gasteiger partial charge in [-0.25, -0.2) is 9.37 Å². The van der Waals surface area contributed by atoms with Gasteiger partial charge in [0.05, 0.1) is 11.7 Å². The second kappa shape index (κ2) is 7.29. The molecule has 1 N–H and O–H groups in total. The lowest BCUT2D eigenvalue weighted by Gasteiger charge is -2.22. The van der Waals surface area contributed by atoms with E-state index in [4.69, 9.17) is 0 Å². The Kier molecular flexibility index (Phi) is 4.87. The summed E-state index contributed by atoms with van der Waals surface area (Å²) in [6, 6.07) is 7.03. The smallest absolute Gasteiger partial charge is 0.262 e. The molecule has 6 heteroatoms. The minimum atomic E-state index is -0.245. The molecule has 0 saturated heterocycles. The molecule has 26 heavy (non-hydrogen) atoms. The first kappa shape index (κ1) is 17.4. The van der Waals surface area contributed by atoms with Crippen LogP contribution in [0.25, 0.3) is 10.2 Å². The Morgan fingerprint density at radius 1 is 1.42 bits per heavy atom. The maximum atomic E-state index is 13.3. The largest absolute Gasteiger partial charge is 0.314 e. The van der Waals surface area contributed by atoms with E-state index in [1.165, 1.54) is 22.6 Å². The molecule has 4 rings (SSSR count). The van der Waals surface area contributed by atoms with E-state index in [0.29, 0.717) is 19.0 Å². The van der Waals surface area contributed by atoms with Crippen molar-refractivity contribution in [2.24, 2.45) is 0 Å². The Labute approximate surface area is 155 Å². The Hall–Kier alpha value is -2.05. The highest BCUT2D eigenvalue weighted by Gasteiger charge is 2.24. The average molecular weight is 371 g/mol. The minimum absolute atomic E-state index is 0.0332. The lowest BCUT2D eigenvalue weighted by atomic mass is 9.93. The Balaban J connectivity index is 1.62. The molecule has 4 nitrogen and oxygen atoms in total. The van der Waals surface area contributed by atoms with Crippen LogP contribution in [0.2, 0.25) is 0 Å². The summed E-state index contributed by atoms with van der Waals surface area (Å²) in [5.41, 5.74) is 2.11. The number of fused-ring (bicyclic) bond motifs is 3. The van der Waals surface area contributed by atoms with E-state index in [2.05, 4.69) is 17.2 Å². The van der Waals surface area contributed by atoms with Crippen molar-refractivity contribution in [3.05, 3.63) is 62.8 Å². The van der Waals surface area contributed by atoms with Gasteiger partial charge in [-0.2, -0.15) is 0 Å². The van der Waals surface area contributed by atoms with Crippen LogP contribution in [0.5, 0.6) is 0 Å². The van der Waals surface area contributed by atoms with E-state index in [1.807, 2.05) is 6.07 Å². The molecule has 0 spiro atoms. The Morgan fingerprint density at radius 2 is 2.31 bits per heavy atom. The van der Waals surface area contributed by atoms with Crippen molar-refractivity contribution < 1.29 is 4.39 Å². The molecular weight excluding hydrogens is 349 g/mol. The lowest BCUT2D eigenvalue weighted by Crippen LogP contribution is -2.34. The number of nitrogens with zero attached hydrogens (tertiary/aromatic N) is 2. The predicted octanol–water partition coefficient (Wildman–Crippen LogP) is 3.31. The van der Waals surface area contributed by atoms with E-state index in [0.717, 1.165) is 41.6 Å². The number of likely N-dealkylation sites (N-methyl/N-ethyl adjacent to an activating group) is 1. The van der Waals surface area contributed by atoms with Crippen LogP contribution in [0.3, 0.4) is 0 Å². The third kappa shape index (κ3) is 3.31. The van der Waals surface area contributed by atoms with Crippen molar-refractivity contribution in [2.75, 3.05) is 6.54 Å². The minimum Gasteiger partial charge on any atom is -0.314 e. The van der Waals surface area contributed by atoms with Crippen LogP contribution in [0.15, 0.2) is 35.4 Å². The zero-order chi connectivity index (χ0) is 18.1. The van der Waals surface area contributed by atoms with Crippen LogP contribution in [-0.4, -0.2) is 22.1 Å². The van der Waals surface area contributed by atoms with Gasteiger partial charge in [-0.15, -0.1) is 11.3 Å². The van der Waals surface area contributed by atoms with Gasteiger partial charge in [0.15, 0.2) is 0 Å². The van der Waals surface area contributed by atoms with Crippen LogP contribution in [-0.2, 0) is 25.8 Å². The first-order valence-corrected chi connectivity index (χ1v) is 9.95. The van der Waals surface area contributed by atoms with Crippen molar-refractivity contribution >= 4 is 21.6 Å². The number of hydrogen-bond donors (Lipinski definition) is 1. The quantitative estimate of drug-likeness (QED) is 0.749. The molecule has 0 bridgehead atoms. The number of thiophene rings is 1. The molecule has 1 aliphatic rings. The summed E-state index contributed by atoms with van der Waals surface area (Å²) in [7, 11) is 0. The van der Waals surface area contributed by atoms with Gasteiger partial charge in [0.1, 0.15) is 10.6 Å². The highest BCUT2D eigenvalue weighted by molar-refractivity contribution is 7.18. The number of halogens is 1. The summed E-state index contributed by atoms with van der Waals surface area (Å²) in [6.45, 7) is 3.60. The highest BCUT2D eigenvalue weighted by Crippen LogP contribution is 2.33. The third-order valence-corrected chi connectivity index (χ3v) is 6.22. The first-order chi connectivity index (χ1) is 12.7. The normalized spacial score (nSPS) is 16.8. The topological polar surface area (TPSA) is 46.9 Å². The van der Waals surface area contributed by atoms with E-state index < -0.39 is 0 Å². The van der Waals surface area contributed by atoms with Gasteiger partial charge in [-0.05, 0) is 55.5 Å². The zero-order valence-corrected chi connectivity index (χ0v) is 15.6. The Bertz CT molecular complexity index is 994. The maximum absolute atomic E-state index is 13.3. The molecule has 1 atom stereocenters. The Morgan fingerprint density at radius 3 is 3.12 bits per heavy atom. The molecule has 0 saturated carbocycles. The fourth-order valence-electron chi connectivity index (χ4n) is 3.77. The van der Waals surface area contributed by atoms with Crippen LogP contribution in [0.4, 0.5) is 4.39 Å². The van der Waals surface area contributed by atoms with Gasteiger partial charge in [-0.3, -0.25) is 9.36 Å². The van der Waals surface area contributed by atoms with Gasteiger partial charge in [-0.1, -0.05) is 19.1 Å². The summed E-state index contributed by atoms with van der Waals surface area (Å²) in [5.74, 6) is -0.245. The van der Waals surface area contributed by atoms with Crippen molar-refractivity contribution in [3.63, 3.8) is 0 Å². The molecule has 136 valence electrons. The standard InChI is InChI=1S/C20H22FN3OS/c1-2-22-15-6-7-16-17(11-15)26-19-18(16)20(25)24(12-23-19)9-8-13-4-3-5-14(21)10-13/h3-5,10,12,15,22H,2,6-9,11H2,1H3/t15-/m1/s1. The number of nitrogens with one attached hydrogen (secondary N) is 1. The van der Waals surface area contributed by atoms with Gasteiger partial charge in [0, 0.05) is 17.5 Å². The van der Waals surface area contributed by atoms with Gasteiger partial charge in [0.25, 0.3) is 5.56 Å². The summed E-state index contributed by atoms with van der Waals surface area (Å²) < 4.78 is 15.0. The van der Waals surface area contributed by atoms with Crippen LogP contribution in [0, 0.1) is 5.82 Å². The zero-order valence-electron chi connectivity index (χ0n) is 14.8. The average Bonchev–Trinajstić information content (AvgIpc) is 3.00. The van der Waals surface area contributed by atoms with Crippen LogP contribution >= 0.6 is 11.3 Å². The van der Waals surface area contributed by atoms with Crippen molar-refractivity contribution in [3.8, 4) is 0 Å². The fraction of sp³-hybridized carbons (Fsp3) is 0.400. The second-order valence-electron chi connectivity index (χ2n) is 6.80. The van der Waals surface area contributed by atoms with Crippen molar-refractivity contribution in [1.29, 1.82) is 0 Å². The fourth-order valence-corrected chi connectivity index (χ4v) is 5.02. The van der Waals surface area contributed by atoms with E-state index in [1.54, 1.807) is 28.3 Å². The predicted molar refractivity (Wildman–Crippen MR) is 103 cm³/mol. The van der Waals surface area contributed by atoms with Crippen LogP contribution < -0.4 is 10.9 Å². The van der Waals surface area contributed by atoms with E-state index in [9.17, 15) is 9.18 Å². The molecule has 3 aromatic rings.